The van der Waals surface area contributed by atoms with Crippen LogP contribution in [0.25, 0.3) is 0 Å². The Hall–Kier alpha value is -1.30. The Morgan fingerprint density at radius 3 is 2.53 bits per heavy atom. The fourth-order valence-electron chi connectivity index (χ4n) is 0.959. The van der Waals surface area contributed by atoms with E-state index in [0.29, 0.717) is 6.54 Å². The van der Waals surface area contributed by atoms with Gasteiger partial charge in [0.15, 0.2) is 6.61 Å². The van der Waals surface area contributed by atoms with E-state index in [0.717, 1.165) is 19.4 Å². The van der Waals surface area contributed by atoms with Crippen LogP contribution in [0.2, 0.25) is 0 Å². The van der Waals surface area contributed by atoms with Crippen molar-refractivity contribution >= 4 is 12.1 Å². The predicted molar refractivity (Wildman–Crippen MR) is 54.8 cm³/mol. The summed E-state index contributed by atoms with van der Waals surface area (Å²) in [6.07, 6.45) is 0.433. The zero-order valence-corrected chi connectivity index (χ0v) is 9.15. The molecule has 0 aliphatic carbocycles. The van der Waals surface area contributed by atoms with Crippen molar-refractivity contribution in [1.82, 2.24) is 10.2 Å². The molecule has 0 aromatic carbocycles. The number of amides is 1. The van der Waals surface area contributed by atoms with Gasteiger partial charge in [0, 0.05) is 6.54 Å². The van der Waals surface area contributed by atoms with Crippen LogP contribution in [0, 0.1) is 0 Å². The van der Waals surface area contributed by atoms with E-state index in [-0.39, 0.29) is 0 Å². The van der Waals surface area contributed by atoms with Gasteiger partial charge in [0.2, 0.25) is 0 Å². The minimum Gasteiger partial charge on any atom is -0.450 e. The first-order chi connectivity index (χ1) is 7.02. The Balaban J connectivity index is 3.28. The molecule has 0 unspecified atom stereocenters. The average molecular weight is 218 g/mol. The summed E-state index contributed by atoms with van der Waals surface area (Å²) in [5, 5.41) is 10.7. The molecule has 0 saturated carbocycles. The third kappa shape index (κ3) is 10.6. The largest absolute Gasteiger partial charge is 0.506 e. The SMILES string of the molecule is CN(C)CCCCNC(=O)COC(=O)O. The normalized spacial score (nSPS) is 10.1. The number of carbonyl (C=O) groups is 2. The molecule has 88 valence electrons. The summed E-state index contributed by atoms with van der Waals surface area (Å²) in [6.45, 7) is 1.10. The Morgan fingerprint density at radius 1 is 1.33 bits per heavy atom. The zero-order chi connectivity index (χ0) is 11.7. The van der Waals surface area contributed by atoms with E-state index in [1.165, 1.54) is 0 Å². The maximum absolute atomic E-state index is 10.9. The fourth-order valence-corrected chi connectivity index (χ4v) is 0.959. The minimum atomic E-state index is -1.43. The highest BCUT2D eigenvalue weighted by Crippen LogP contribution is 1.88. The molecule has 0 aromatic rings. The van der Waals surface area contributed by atoms with E-state index in [4.69, 9.17) is 5.11 Å². The van der Waals surface area contributed by atoms with Gasteiger partial charge in [0.05, 0.1) is 0 Å². The van der Waals surface area contributed by atoms with Crippen molar-refractivity contribution in [3.05, 3.63) is 0 Å². The van der Waals surface area contributed by atoms with Gasteiger partial charge in [-0.15, -0.1) is 0 Å². The van der Waals surface area contributed by atoms with E-state index in [1.54, 1.807) is 0 Å². The number of rotatable bonds is 7. The number of nitrogens with one attached hydrogen (secondary N) is 1. The number of nitrogens with zero attached hydrogens (tertiary/aromatic N) is 1. The van der Waals surface area contributed by atoms with Crippen LogP contribution in [-0.2, 0) is 9.53 Å². The molecule has 0 saturated heterocycles. The monoisotopic (exact) mass is 218 g/mol. The van der Waals surface area contributed by atoms with Gasteiger partial charge in [-0.25, -0.2) is 4.79 Å². The molecule has 0 rings (SSSR count). The van der Waals surface area contributed by atoms with Crippen LogP contribution in [0.15, 0.2) is 0 Å². The topological polar surface area (TPSA) is 78.9 Å². The smallest absolute Gasteiger partial charge is 0.450 e. The van der Waals surface area contributed by atoms with Crippen LogP contribution in [-0.4, -0.2) is 55.9 Å². The lowest BCUT2D eigenvalue weighted by molar-refractivity contribution is -0.124. The first-order valence-electron chi connectivity index (χ1n) is 4.79. The molecule has 2 N–H and O–H groups in total. The molecule has 0 fully saturated rings. The molecular formula is C9H18N2O4. The molecule has 0 atom stereocenters. The molecule has 0 aromatic heterocycles. The van der Waals surface area contributed by atoms with Gasteiger partial charge in [-0.05, 0) is 33.5 Å². The van der Waals surface area contributed by atoms with E-state index in [2.05, 4.69) is 15.0 Å². The van der Waals surface area contributed by atoms with E-state index in [9.17, 15) is 9.59 Å². The summed E-state index contributed by atoms with van der Waals surface area (Å²) in [6, 6.07) is 0. The number of hydrogen-bond acceptors (Lipinski definition) is 4. The molecule has 0 aliphatic heterocycles. The lowest BCUT2D eigenvalue weighted by atomic mass is 10.3. The molecule has 1 amide bonds. The van der Waals surface area contributed by atoms with Crippen molar-refractivity contribution in [2.24, 2.45) is 0 Å². The fraction of sp³-hybridized carbons (Fsp3) is 0.778. The Bertz CT molecular complexity index is 206. The number of carboxylic acid groups (broad SMARTS) is 1. The van der Waals surface area contributed by atoms with Gasteiger partial charge in [-0.3, -0.25) is 4.79 Å². The highest BCUT2D eigenvalue weighted by molar-refractivity contribution is 5.78. The summed E-state index contributed by atoms with van der Waals surface area (Å²) < 4.78 is 4.10. The summed E-state index contributed by atoms with van der Waals surface area (Å²) in [5.74, 6) is -0.401. The van der Waals surface area contributed by atoms with Gasteiger partial charge in [-0.1, -0.05) is 0 Å². The van der Waals surface area contributed by atoms with Crippen LogP contribution >= 0.6 is 0 Å². The van der Waals surface area contributed by atoms with Crippen LogP contribution in [0.1, 0.15) is 12.8 Å². The van der Waals surface area contributed by atoms with Crippen molar-refractivity contribution in [2.45, 2.75) is 12.8 Å². The molecule has 0 spiro atoms. The number of hydrogen-bond donors (Lipinski definition) is 2. The van der Waals surface area contributed by atoms with Crippen LogP contribution in [0.5, 0.6) is 0 Å². The number of unbranched alkanes of at least 4 members (excludes halogenated alkanes) is 1. The Kier molecular flexibility index (Phi) is 7.35. The molecule has 0 bridgehead atoms. The molecule has 0 heterocycles. The zero-order valence-electron chi connectivity index (χ0n) is 9.15. The molecular weight excluding hydrogens is 200 g/mol. The van der Waals surface area contributed by atoms with Crippen LogP contribution in [0.4, 0.5) is 4.79 Å². The molecule has 0 aliphatic rings. The molecule has 6 heteroatoms. The van der Waals surface area contributed by atoms with Gasteiger partial charge >= 0.3 is 6.16 Å². The van der Waals surface area contributed by atoms with Crippen molar-refractivity contribution in [1.29, 1.82) is 0 Å². The summed E-state index contributed by atoms with van der Waals surface area (Å²) in [7, 11) is 3.97. The maximum atomic E-state index is 10.9. The predicted octanol–water partition coefficient (Wildman–Crippen LogP) is 0.139. The van der Waals surface area contributed by atoms with E-state index >= 15 is 0 Å². The standard InChI is InChI=1S/C9H18N2O4/c1-11(2)6-4-3-5-10-8(12)7-15-9(13)14/h3-7H2,1-2H3,(H,10,12)(H,13,14). The van der Waals surface area contributed by atoms with Crippen molar-refractivity contribution in [2.75, 3.05) is 33.8 Å². The Morgan fingerprint density at radius 2 is 2.00 bits per heavy atom. The first kappa shape index (κ1) is 13.7. The molecule has 6 nitrogen and oxygen atoms in total. The van der Waals surface area contributed by atoms with E-state index < -0.39 is 18.7 Å². The van der Waals surface area contributed by atoms with Gasteiger partial charge in [0.1, 0.15) is 0 Å². The van der Waals surface area contributed by atoms with E-state index in [1.807, 2.05) is 14.1 Å². The van der Waals surface area contributed by atoms with Crippen LogP contribution < -0.4 is 5.32 Å². The second-order valence-corrected chi connectivity index (χ2v) is 3.41. The van der Waals surface area contributed by atoms with Gasteiger partial charge in [-0.2, -0.15) is 0 Å². The number of ether oxygens (including phenoxy) is 1. The van der Waals surface area contributed by atoms with Crippen molar-refractivity contribution < 1.29 is 19.4 Å². The van der Waals surface area contributed by atoms with Crippen molar-refractivity contribution in [3.63, 3.8) is 0 Å². The minimum absolute atomic E-state index is 0.401. The van der Waals surface area contributed by atoms with Crippen molar-refractivity contribution in [3.8, 4) is 0 Å². The maximum Gasteiger partial charge on any atom is 0.506 e. The third-order valence-corrected chi connectivity index (χ3v) is 1.68. The lowest BCUT2D eigenvalue weighted by Crippen LogP contribution is -2.29. The van der Waals surface area contributed by atoms with Gasteiger partial charge in [0.25, 0.3) is 5.91 Å². The highest BCUT2D eigenvalue weighted by Gasteiger charge is 2.03. The van der Waals surface area contributed by atoms with Gasteiger partial charge < -0.3 is 20.1 Å². The lowest BCUT2D eigenvalue weighted by Gasteiger charge is -2.09. The first-order valence-corrected chi connectivity index (χ1v) is 4.79. The summed E-state index contributed by atoms with van der Waals surface area (Å²) in [5.41, 5.74) is 0. The molecule has 0 radical (unpaired) electrons. The second kappa shape index (κ2) is 8.05. The highest BCUT2D eigenvalue weighted by atomic mass is 16.7. The Labute approximate surface area is 89.2 Å². The molecule has 15 heavy (non-hydrogen) atoms. The quantitative estimate of drug-likeness (QED) is 0.469. The average Bonchev–Trinajstić information content (AvgIpc) is 2.13. The van der Waals surface area contributed by atoms with Crippen LogP contribution in [0.3, 0.4) is 0 Å². The summed E-state index contributed by atoms with van der Waals surface area (Å²) in [4.78, 5) is 22.9. The summed E-state index contributed by atoms with van der Waals surface area (Å²) >= 11 is 0. The third-order valence-electron chi connectivity index (χ3n) is 1.68. The number of carbonyl (C=O) groups excluding carboxylic acids is 1. The second-order valence-electron chi connectivity index (χ2n) is 3.41.